The second-order valence-corrected chi connectivity index (χ2v) is 3.40. The number of carbonyl (C=O) groups is 1. The van der Waals surface area contributed by atoms with E-state index in [9.17, 15) is 4.79 Å². The van der Waals surface area contributed by atoms with E-state index in [0.29, 0.717) is 25.8 Å². The van der Waals surface area contributed by atoms with Gasteiger partial charge >= 0.3 is 0 Å². The van der Waals surface area contributed by atoms with Gasteiger partial charge in [-0.2, -0.15) is 5.10 Å². The maximum Gasteiger partial charge on any atom is 0.220 e. The molecule has 0 saturated heterocycles. The fraction of sp³-hybridized carbons (Fsp3) is 0.667. The van der Waals surface area contributed by atoms with Crippen molar-refractivity contribution in [2.75, 3.05) is 6.54 Å². The van der Waals surface area contributed by atoms with Gasteiger partial charge in [-0.1, -0.05) is 0 Å². The molecule has 0 aliphatic rings. The molecule has 0 aromatic carbocycles. The molecule has 90 valence electrons. The summed E-state index contributed by atoms with van der Waals surface area (Å²) in [5.74, 6) is 0.631. The van der Waals surface area contributed by atoms with Crippen molar-refractivity contribution < 1.29 is 15.0 Å². The minimum absolute atomic E-state index is 0.0971. The van der Waals surface area contributed by atoms with Crippen LogP contribution in [0.5, 0.6) is 0 Å². The second kappa shape index (κ2) is 6.91. The summed E-state index contributed by atoms with van der Waals surface area (Å²) in [4.78, 5) is 15.1. The predicted octanol–water partition coefficient (Wildman–Crippen LogP) is -1.06. The Labute approximate surface area is 92.9 Å². The van der Waals surface area contributed by atoms with Crippen LogP contribution in [0.3, 0.4) is 0 Å². The molecule has 0 fully saturated rings. The summed E-state index contributed by atoms with van der Waals surface area (Å²) in [7, 11) is 0. The first-order valence-corrected chi connectivity index (χ1v) is 5.15. The van der Waals surface area contributed by atoms with E-state index >= 15 is 0 Å². The van der Waals surface area contributed by atoms with Gasteiger partial charge in [0.15, 0.2) is 6.29 Å². The number of H-pyrrole nitrogens is 1. The smallest absolute Gasteiger partial charge is 0.220 e. The monoisotopic (exact) mass is 228 g/mol. The van der Waals surface area contributed by atoms with Gasteiger partial charge in [-0.15, -0.1) is 0 Å². The molecule has 7 nitrogen and oxygen atoms in total. The van der Waals surface area contributed by atoms with Gasteiger partial charge in [-0.3, -0.25) is 9.89 Å². The van der Waals surface area contributed by atoms with E-state index in [1.807, 2.05) is 0 Å². The number of aromatic amines is 1. The number of aliphatic hydroxyl groups excluding tert-OH is 1. The molecule has 0 aliphatic heterocycles. The van der Waals surface area contributed by atoms with Crippen molar-refractivity contribution in [2.24, 2.45) is 0 Å². The predicted molar refractivity (Wildman–Crippen MR) is 55.2 cm³/mol. The number of hydrogen-bond acceptors (Lipinski definition) is 5. The molecule has 1 amide bonds. The van der Waals surface area contributed by atoms with Crippen molar-refractivity contribution in [3.63, 3.8) is 0 Å². The molecule has 0 saturated carbocycles. The highest BCUT2D eigenvalue weighted by atomic mass is 16.5. The maximum absolute atomic E-state index is 11.2. The minimum atomic E-state index is -1.33. The number of amides is 1. The SMILES string of the molecule is O=C(CCCC(O)O)NCCc1ncn[nH]1. The van der Waals surface area contributed by atoms with E-state index in [2.05, 4.69) is 20.5 Å². The number of rotatable bonds is 7. The van der Waals surface area contributed by atoms with E-state index in [0.717, 1.165) is 5.82 Å². The summed E-state index contributed by atoms with van der Waals surface area (Å²) in [5.41, 5.74) is 0. The molecule has 0 bridgehead atoms. The van der Waals surface area contributed by atoms with Gasteiger partial charge in [0, 0.05) is 19.4 Å². The average molecular weight is 228 g/mol. The summed E-state index contributed by atoms with van der Waals surface area (Å²) >= 11 is 0. The molecule has 0 radical (unpaired) electrons. The van der Waals surface area contributed by atoms with Crippen LogP contribution in [0.15, 0.2) is 6.33 Å². The van der Waals surface area contributed by atoms with Gasteiger partial charge in [-0.25, -0.2) is 4.98 Å². The van der Waals surface area contributed by atoms with Crippen molar-refractivity contribution in [2.45, 2.75) is 32.0 Å². The molecule has 1 heterocycles. The van der Waals surface area contributed by atoms with Crippen molar-refractivity contribution in [3.05, 3.63) is 12.2 Å². The number of aromatic nitrogens is 3. The first-order chi connectivity index (χ1) is 7.68. The van der Waals surface area contributed by atoms with Gasteiger partial charge in [0.1, 0.15) is 12.2 Å². The van der Waals surface area contributed by atoms with Crippen LogP contribution >= 0.6 is 0 Å². The lowest BCUT2D eigenvalue weighted by atomic mass is 10.2. The Morgan fingerprint density at radius 3 is 3.00 bits per heavy atom. The van der Waals surface area contributed by atoms with E-state index in [-0.39, 0.29) is 12.3 Å². The highest BCUT2D eigenvalue weighted by Gasteiger charge is 2.03. The zero-order valence-electron chi connectivity index (χ0n) is 8.89. The summed E-state index contributed by atoms with van der Waals surface area (Å²) in [5, 5.41) is 26.2. The first-order valence-electron chi connectivity index (χ1n) is 5.15. The molecule has 0 aliphatic carbocycles. The molecule has 0 atom stereocenters. The zero-order chi connectivity index (χ0) is 11.8. The Morgan fingerprint density at radius 2 is 2.38 bits per heavy atom. The molecular formula is C9H16N4O3. The Morgan fingerprint density at radius 1 is 1.56 bits per heavy atom. The highest BCUT2D eigenvalue weighted by molar-refractivity contribution is 5.75. The topological polar surface area (TPSA) is 111 Å². The second-order valence-electron chi connectivity index (χ2n) is 3.40. The lowest BCUT2D eigenvalue weighted by molar-refractivity contribution is -0.121. The van der Waals surface area contributed by atoms with Crippen LogP contribution in [0.2, 0.25) is 0 Å². The average Bonchev–Trinajstić information content (AvgIpc) is 2.70. The van der Waals surface area contributed by atoms with Crippen LogP contribution in [0.25, 0.3) is 0 Å². The fourth-order valence-electron chi connectivity index (χ4n) is 1.21. The van der Waals surface area contributed by atoms with Gasteiger partial charge < -0.3 is 15.5 Å². The largest absolute Gasteiger partial charge is 0.368 e. The van der Waals surface area contributed by atoms with E-state index in [4.69, 9.17) is 10.2 Å². The zero-order valence-corrected chi connectivity index (χ0v) is 8.89. The number of carbonyl (C=O) groups excluding carboxylic acids is 1. The molecule has 16 heavy (non-hydrogen) atoms. The Kier molecular flexibility index (Phi) is 5.44. The molecule has 7 heteroatoms. The first kappa shape index (κ1) is 12.6. The van der Waals surface area contributed by atoms with Crippen LogP contribution < -0.4 is 5.32 Å². The maximum atomic E-state index is 11.2. The molecule has 1 aromatic heterocycles. The van der Waals surface area contributed by atoms with Crippen molar-refractivity contribution in [1.82, 2.24) is 20.5 Å². The minimum Gasteiger partial charge on any atom is -0.368 e. The van der Waals surface area contributed by atoms with Crippen LogP contribution in [0.1, 0.15) is 25.1 Å². The molecule has 0 spiro atoms. The number of hydrogen-bond donors (Lipinski definition) is 4. The van der Waals surface area contributed by atoms with E-state index in [1.54, 1.807) is 0 Å². The van der Waals surface area contributed by atoms with Crippen LogP contribution in [0, 0.1) is 0 Å². The Hall–Kier alpha value is -1.47. The van der Waals surface area contributed by atoms with Crippen LogP contribution in [-0.4, -0.2) is 44.1 Å². The summed E-state index contributed by atoms with van der Waals surface area (Å²) in [6.07, 6.45) is 1.67. The van der Waals surface area contributed by atoms with Crippen molar-refractivity contribution in [3.8, 4) is 0 Å². The summed E-state index contributed by atoms with van der Waals surface area (Å²) < 4.78 is 0. The Bertz CT molecular complexity index is 300. The molecule has 1 aromatic rings. The van der Waals surface area contributed by atoms with E-state index < -0.39 is 6.29 Å². The number of nitrogens with zero attached hydrogens (tertiary/aromatic N) is 2. The summed E-state index contributed by atoms with van der Waals surface area (Å²) in [6.45, 7) is 0.496. The highest BCUT2D eigenvalue weighted by Crippen LogP contribution is 1.98. The lowest BCUT2D eigenvalue weighted by Crippen LogP contribution is -2.25. The van der Waals surface area contributed by atoms with Crippen molar-refractivity contribution in [1.29, 1.82) is 0 Å². The van der Waals surface area contributed by atoms with Crippen LogP contribution in [-0.2, 0) is 11.2 Å². The standard InChI is InChI=1S/C9H16N4O3/c14-8(2-1-3-9(15)16)10-5-4-7-11-6-12-13-7/h6,9,15-16H,1-5H2,(H,10,14)(H,11,12,13). The van der Waals surface area contributed by atoms with Crippen LogP contribution in [0.4, 0.5) is 0 Å². The third-order valence-electron chi connectivity index (χ3n) is 2.02. The molecule has 0 unspecified atom stereocenters. The normalized spacial score (nSPS) is 10.7. The number of nitrogens with one attached hydrogen (secondary N) is 2. The van der Waals surface area contributed by atoms with E-state index in [1.165, 1.54) is 6.33 Å². The van der Waals surface area contributed by atoms with Gasteiger partial charge in [-0.05, 0) is 12.8 Å². The third-order valence-corrected chi connectivity index (χ3v) is 2.02. The van der Waals surface area contributed by atoms with Gasteiger partial charge in [0.05, 0.1) is 0 Å². The summed E-state index contributed by atoms with van der Waals surface area (Å²) in [6, 6.07) is 0. The van der Waals surface area contributed by atoms with Gasteiger partial charge in [0.2, 0.25) is 5.91 Å². The van der Waals surface area contributed by atoms with Crippen molar-refractivity contribution >= 4 is 5.91 Å². The third kappa shape index (κ3) is 5.42. The Balaban J connectivity index is 2.02. The number of aliphatic hydroxyl groups is 2. The molecular weight excluding hydrogens is 212 g/mol. The van der Waals surface area contributed by atoms with Gasteiger partial charge in [0.25, 0.3) is 0 Å². The lowest BCUT2D eigenvalue weighted by Gasteiger charge is -2.04. The molecule has 4 N–H and O–H groups in total. The quantitative estimate of drug-likeness (QED) is 0.445. The molecule has 1 rings (SSSR count). The fourth-order valence-corrected chi connectivity index (χ4v) is 1.21.